The number of carbonyl (C=O) groups excluding carboxylic acids is 1. The Morgan fingerprint density at radius 2 is 1.88 bits per heavy atom. The zero-order valence-corrected chi connectivity index (χ0v) is 10.9. The van der Waals surface area contributed by atoms with E-state index in [-0.39, 0.29) is 17.9 Å². The molecule has 1 atom stereocenters. The fourth-order valence-corrected chi connectivity index (χ4v) is 2.30. The number of hydrogen-bond donors (Lipinski definition) is 2. The molecule has 0 aliphatic heterocycles. The topological polar surface area (TPSA) is 55.1 Å². The summed E-state index contributed by atoms with van der Waals surface area (Å²) in [7, 11) is 0. The summed E-state index contributed by atoms with van der Waals surface area (Å²) in [5.41, 5.74) is 6.10. The van der Waals surface area contributed by atoms with Crippen molar-refractivity contribution in [2.45, 2.75) is 58.9 Å². The summed E-state index contributed by atoms with van der Waals surface area (Å²) in [6, 6.07) is -0.368. The molecule has 94 valence electrons. The third kappa shape index (κ3) is 3.78. The number of amides is 1. The molecular formula is C13H26N2O. The number of nitrogens with one attached hydrogen (secondary N) is 1. The van der Waals surface area contributed by atoms with Gasteiger partial charge in [0.25, 0.3) is 0 Å². The fraction of sp³-hybridized carbons (Fsp3) is 0.923. The van der Waals surface area contributed by atoms with Gasteiger partial charge in [-0.15, -0.1) is 0 Å². The molecule has 3 heteroatoms. The van der Waals surface area contributed by atoms with Crippen LogP contribution in [0, 0.1) is 11.3 Å². The number of nitrogens with two attached hydrogens (primary N) is 1. The second-order valence-electron chi connectivity index (χ2n) is 5.86. The highest BCUT2D eigenvalue weighted by molar-refractivity contribution is 5.81. The first kappa shape index (κ1) is 13.5. The summed E-state index contributed by atoms with van der Waals surface area (Å²) in [4.78, 5) is 11.7. The highest BCUT2D eigenvalue weighted by Crippen LogP contribution is 2.34. The molecular weight excluding hydrogens is 200 g/mol. The van der Waals surface area contributed by atoms with Crippen molar-refractivity contribution in [3.05, 3.63) is 0 Å². The molecule has 1 amide bonds. The lowest BCUT2D eigenvalue weighted by molar-refractivity contribution is -0.123. The van der Waals surface area contributed by atoms with E-state index in [4.69, 9.17) is 5.73 Å². The summed E-state index contributed by atoms with van der Waals surface area (Å²) < 4.78 is 0. The molecule has 1 rings (SSSR count). The molecule has 0 heterocycles. The van der Waals surface area contributed by atoms with Crippen LogP contribution in [0.25, 0.3) is 0 Å². The minimum atomic E-state index is -0.368. The molecule has 3 nitrogen and oxygen atoms in total. The van der Waals surface area contributed by atoms with Gasteiger partial charge in [0.15, 0.2) is 0 Å². The number of carbonyl (C=O) groups is 1. The second-order valence-corrected chi connectivity index (χ2v) is 5.86. The SMILES string of the molecule is CC(C)[C@@H](N)C(=O)NCC1(C)CCCCC1. The summed E-state index contributed by atoms with van der Waals surface area (Å²) in [5, 5.41) is 3.01. The van der Waals surface area contributed by atoms with Crippen molar-refractivity contribution >= 4 is 5.91 Å². The Morgan fingerprint density at radius 3 is 2.38 bits per heavy atom. The van der Waals surface area contributed by atoms with E-state index in [2.05, 4.69) is 12.2 Å². The average Bonchev–Trinajstić information content (AvgIpc) is 2.26. The van der Waals surface area contributed by atoms with Gasteiger partial charge in [-0.25, -0.2) is 0 Å². The van der Waals surface area contributed by atoms with E-state index in [9.17, 15) is 4.79 Å². The lowest BCUT2D eigenvalue weighted by atomic mass is 9.75. The summed E-state index contributed by atoms with van der Waals surface area (Å²) >= 11 is 0. The Balaban J connectivity index is 2.35. The molecule has 1 aliphatic rings. The maximum Gasteiger partial charge on any atom is 0.237 e. The molecule has 0 spiro atoms. The highest BCUT2D eigenvalue weighted by atomic mass is 16.2. The Labute approximate surface area is 99.2 Å². The summed E-state index contributed by atoms with van der Waals surface area (Å²) in [5.74, 6) is 0.209. The van der Waals surface area contributed by atoms with Gasteiger partial charge in [0.05, 0.1) is 6.04 Å². The van der Waals surface area contributed by atoms with Crippen molar-refractivity contribution in [2.75, 3.05) is 6.54 Å². The Bertz CT molecular complexity index is 232. The average molecular weight is 226 g/mol. The standard InChI is InChI=1S/C13H26N2O/c1-10(2)11(14)12(16)15-9-13(3)7-5-4-6-8-13/h10-11H,4-9,14H2,1-3H3,(H,15,16)/t11-/m1/s1. The summed E-state index contributed by atoms with van der Waals surface area (Å²) in [6.07, 6.45) is 6.38. The highest BCUT2D eigenvalue weighted by Gasteiger charge is 2.28. The Morgan fingerprint density at radius 1 is 1.31 bits per heavy atom. The van der Waals surface area contributed by atoms with Crippen LogP contribution in [-0.2, 0) is 4.79 Å². The van der Waals surface area contributed by atoms with Crippen molar-refractivity contribution in [3.63, 3.8) is 0 Å². The molecule has 0 saturated heterocycles. The van der Waals surface area contributed by atoms with Crippen LogP contribution < -0.4 is 11.1 Å². The second kappa shape index (κ2) is 5.67. The van der Waals surface area contributed by atoms with E-state index >= 15 is 0 Å². The van der Waals surface area contributed by atoms with Crippen LogP contribution in [-0.4, -0.2) is 18.5 Å². The van der Waals surface area contributed by atoms with Crippen molar-refractivity contribution in [2.24, 2.45) is 17.1 Å². The van der Waals surface area contributed by atoms with Gasteiger partial charge in [-0.2, -0.15) is 0 Å². The van der Waals surface area contributed by atoms with E-state index in [1.807, 2.05) is 13.8 Å². The van der Waals surface area contributed by atoms with Gasteiger partial charge in [-0.05, 0) is 24.2 Å². The normalized spacial score (nSPS) is 21.8. The Kier molecular flexibility index (Phi) is 4.78. The summed E-state index contributed by atoms with van der Waals surface area (Å²) in [6.45, 7) is 7.01. The lowest BCUT2D eigenvalue weighted by Gasteiger charge is -2.34. The first-order chi connectivity index (χ1) is 7.44. The number of hydrogen-bond acceptors (Lipinski definition) is 2. The molecule has 1 aliphatic carbocycles. The van der Waals surface area contributed by atoms with Gasteiger partial charge in [-0.1, -0.05) is 40.0 Å². The van der Waals surface area contributed by atoms with Crippen molar-refractivity contribution in [1.29, 1.82) is 0 Å². The maximum absolute atomic E-state index is 11.7. The predicted octanol–water partition coefficient (Wildman–Crippen LogP) is 2.06. The van der Waals surface area contributed by atoms with Gasteiger partial charge >= 0.3 is 0 Å². The van der Waals surface area contributed by atoms with Crippen LogP contribution >= 0.6 is 0 Å². The van der Waals surface area contributed by atoms with E-state index in [1.165, 1.54) is 32.1 Å². The van der Waals surface area contributed by atoms with Crippen molar-refractivity contribution < 1.29 is 4.79 Å². The fourth-order valence-electron chi connectivity index (χ4n) is 2.30. The molecule has 0 unspecified atom stereocenters. The van der Waals surface area contributed by atoms with Gasteiger partial charge in [0, 0.05) is 6.54 Å². The lowest BCUT2D eigenvalue weighted by Crippen LogP contribution is -2.47. The first-order valence-electron chi connectivity index (χ1n) is 6.48. The van der Waals surface area contributed by atoms with Crippen LogP contribution in [0.3, 0.4) is 0 Å². The van der Waals surface area contributed by atoms with Gasteiger partial charge in [-0.3, -0.25) is 4.79 Å². The van der Waals surface area contributed by atoms with Gasteiger partial charge in [0.1, 0.15) is 0 Å². The van der Waals surface area contributed by atoms with E-state index in [0.717, 1.165) is 6.54 Å². The molecule has 0 aromatic carbocycles. The molecule has 16 heavy (non-hydrogen) atoms. The maximum atomic E-state index is 11.7. The quantitative estimate of drug-likeness (QED) is 0.771. The first-order valence-corrected chi connectivity index (χ1v) is 6.48. The molecule has 0 aromatic rings. The van der Waals surface area contributed by atoms with Crippen molar-refractivity contribution in [3.8, 4) is 0 Å². The third-order valence-corrected chi connectivity index (χ3v) is 3.77. The van der Waals surface area contributed by atoms with E-state index in [0.29, 0.717) is 5.41 Å². The third-order valence-electron chi connectivity index (χ3n) is 3.77. The molecule has 0 bridgehead atoms. The minimum absolute atomic E-state index is 0.00167. The molecule has 0 aromatic heterocycles. The molecule has 0 radical (unpaired) electrons. The number of rotatable bonds is 4. The Hall–Kier alpha value is -0.570. The van der Waals surface area contributed by atoms with Crippen LogP contribution in [0.1, 0.15) is 52.9 Å². The smallest absolute Gasteiger partial charge is 0.237 e. The minimum Gasteiger partial charge on any atom is -0.354 e. The van der Waals surface area contributed by atoms with Crippen LogP contribution in [0.15, 0.2) is 0 Å². The van der Waals surface area contributed by atoms with Crippen LogP contribution in [0.5, 0.6) is 0 Å². The van der Waals surface area contributed by atoms with E-state index in [1.54, 1.807) is 0 Å². The molecule has 1 saturated carbocycles. The van der Waals surface area contributed by atoms with Crippen molar-refractivity contribution in [1.82, 2.24) is 5.32 Å². The predicted molar refractivity (Wildman–Crippen MR) is 67.0 cm³/mol. The van der Waals surface area contributed by atoms with Gasteiger partial charge in [0.2, 0.25) is 5.91 Å². The zero-order valence-electron chi connectivity index (χ0n) is 10.9. The van der Waals surface area contributed by atoms with Crippen LogP contribution in [0.2, 0.25) is 0 Å². The van der Waals surface area contributed by atoms with Crippen LogP contribution in [0.4, 0.5) is 0 Å². The van der Waals surface area contributed by atoms with Gasteiger partial charge < -0.3 is 11.1 Å². The zero-order chi connectivity index (χ0) is 12.2. The monoisotopic (exact) mass is 226 g/mol. The largest absolute Gasteiger partial charge is 0.354 e. The molecule has 3 N–H and O–H groups in total. The molecule has 1 fully saturated rings. The van der Waals surface area contributed by atoms with E-state index < -0.39 is 0 Å².